The van der Waals surface area contributed by atoms with E-state index in [1.54, 1.807) is 18.2 Å². The zero-order valence-electron chi connectivity index (χ0n) is 11.8. The maximum absolute atomic E-state index is 12.0. The average molecular weight is 300 g/mol. The first-order valence-electron chi connectivity index (χ1n) is 6.29. The third-order valence-corrected chi connectivity index (χ3v) is 4.41. The molecule has 1 unspecified atom stereocenters. The molecule has 112 valence electrons. The number of carbonyl (C=O) groups is 1. The van der Waals surface area contributed by atoms with E-state index in [4.69, 9.17) is 0 Å². The van der Waals surface area contributed by atoms with Crippen LogP contribution in [0.25, 0.3) is 0 Å². The lowest BCUT2D eigenvalue weighted by Crippen LogP contribution is -2.33. The molecule has 6 nitrogen and oxygen atoms in total. The highest BCUT2D eigenvalue weighted by atomic mass is 32.2. The quantitative estimate of drug-likeness (QED) is 0.737. The Balaban J connectivity index is 2.84. The van der Waals surface area contributed by atoms with E-state index in [0.29, 0.717) is 12.2 Å². The number of benzene rings is 1. The number of methoxy groups -OCH3 is 1. The molecular weight excluding hydrogens is 280 g/mol. The molecule has 0 radical (unpaired) electrons. The van der Waals surface area contributed by atoms with E-state index in [0.717, 1.165) is 19.2 Å². The lowest BCUT2D eigenvalue weighted by molar-refractivity contribution is -0.139. The molecule has 0 heterocycles. The Kier molecular flexibility index (Phi) is 5.97. The van der Waals surface area contributed by atoms with Gasteiger partial charge in [0.1, 0.15) is 0 Å². The van der Waals surface area contributed by atoms with Gasteiger partial charge in [-0.2, -0.15) is 0 Å². The summed E-state index contributed by atoms with van der Waals surface area (Å²) < 4.78 is 30.8. The Morgan fingerprint density at radius 3 is 2.70 bits per heavy atom. The Labute approximate surface area is 119 Å². The van der Waals surface area contributed by atoms with Gasteiger partial charge in [-0.1, -0.05) is 19.1 Å². The summed E-state index contributed by atoms with van der Waals surface area (Å²) in [6, 6.07) is 7.01. The van der Waals surface area contributed by atoms with E-state index in [1.165, 1.54) is 6.92 Å². The highest BCUT2D eigenvalue weighted by Gasteiger charge is 2.28. The second-order valence-corrected chi connectivity index (χ2v) is 6.29. The van der Waals surface area contributed by atoms with Crippen LogP contribution in [0.4, 0.5) is 5.69 Å². The molecule has 1 aromatic rings. The van der Waals surface area contributed by atoms with Crippen molar-refractivity contribution in [3.05, 3.63) is 29.8 Å². The summed E-state index contributed by atoms with van der Waals surface area (Å²) in [5.41, 5.74) is 1.38. The smallest absolute Gasteiger partial charge is 0.325 e. The lowest BCUT2D eigenvalue weighted by atomic mass is 10.2. The van der Waals surface area contributed by atoms with Crippen LogP contribution in [0.3, 0.4) is 0 Å². The molecule has 1 rings (SSSR count). The molecule has 20 heavy (non-hydrogen) atoms. The first kappa shape index (κ1) is 16.5. The number of rotatable bonds is 7. The number of sulfonamides is 1. The van der Waals surface area contributed by atoms with Gasteiger partial charge in [0.25, 0.3) is 0 Å². The Hall–Kier alpha value is -1.60. The fourth-order valence-corrected chi connectivity index (χ4v) is 2.54. The molecular formula is C13H20N2O4S. The van der Waals surface area contributed by atoms with Crippen LogP contribution in [0, 0.1) is 0 Å². The summed E-state index contributed by atoms with van der Waals surface area (Å²) in [5, 5.41) is 1.89. The standard InChI is InChI=1S/C13H20N2O4S/c1-4-14-9-11-6-5-7-12(8-11)15-20(17,18)10(2)13(16)19-3/h5-8,10,14-15H,4,9H2,1-3H3. The minimum absolute atomic E-state index is 0.427. The Morgan fingerprint density at radius 2 is 2.10 bits per heavy atom. The van der Waals surface area contributed by atoms with Gasteiger partial charge < -0.3 is 10.1 Å². The van der Waals surface area contributed by atoms with E-state index in [2.05, 4.69) is 14.8 Å². The number of hydrogen-bond donors (Lipinski definition) is 2. The Bertz CT molecular complexity index is 557. The molecule has 1 atom stereocenters. The second kappa shape index (κ2) is 7.25. The first-order chi connectivity index (χ1) is 9.40. The Morgan fingerprint density at radius 1 is 1.40 bits per heavy atom. The van der Waals surface area contributed by atoms with E-state index in [9.17, 15) is 13.2 Å². The van der Waals surface area contributed by atoms with E-state index in [-0.39, 0.29) is 0 Å². The first-order valence-corrected chi connectivity index (χ1v) is 7.84. The van der Waals surface area contributed by atoms with Crippen LogP contribution < -0.4 is 10.0 Å². The van der Waals surface area contributed by atoms with Gasteiger partial charge in [-0.15, -0.1) is 0 Å². The summed E-state index contributed by atoms with van der Waals surface area (Å²) in [5.74, 6) is -0.790. The molecule has 0 saturated carbocycles. The van der Waals surface area contributed by atoms with Gasteiger partial charge in [0.2, 0.25) is 10.0 Å². The lowest BCUT2D eigenvalue weighted by Gasteiger charge is -2.13. The monoisotopic (exact) mass is 300 g/mol. The summed E-state index contributed by atoms with van der Waals surface area (Å²) in [4.78, 5) is 11.3. The van der Waals surface area contributed by atoms with Crippen LogP contribution in [0.1, 0.15) is 19.4 Å². The minimum atomic E-state index is -3.81. The maximum atomic E-state index is 12.0. The number of ether oxygens (including phenoxy) is 1. The van der Waals surface area contributed by atoms with Crippen LogP contribution in [0.2, 0.25) is 0 Å². The molecule has 0 aliphatic heterocycles. The van der Waals surface area contributed by atoms with Crippen molar-refractivity contribution in [2.75, 3.05) is 18.4 Å². The molecule has 0 fully saturated rings. The predicted molar refractivity (Wildman–Crippen MR) is 77.8 cm³/mol. The van der Waals surface area contributed by atoms with Crippen molar-refractivity contribution in [2.45, 2.75) is 25.6 Å². The van der Waals surface area contributed by atoms with Crippen molar-refractivity contribution in [3.8, 4) is 0 Å². The molecule has 0 aromatic heterocycles. The number of esters is 1. The van der Waals surface area contributed by atoms with Crippen LogP contribution in [-0.2, 0) is 26.1 Å². The highest BCUT2D eigenvalue weighted by Crippen LogP contribution is 2.15. The molecule has 0 amide bonds. The summed E-state index contributed by atoms with van der Waals surface area (Å²) in [6.07, 6.45) is 0. The largest absolute Gasteiger partial charge is 0.468 e. The summed E-state index contributed by atoms with van der Waals surface area (Å²) in [7, 11) is -2.65. The highest BCUT2D eigenvalue weighted by molar-refractivity contribution is 7.94. The average Bonchev–Trinajstić information content (AvgIpc) is 2.43. The molecule has 0 aliphatic carbocycles. The fraction of sp³-hybridized carbons (Fsp3) is 0.462. The normalized spacial score (nSPS) is 12.8. The fourth-order valence-electron chi connectivity index (χ4n) is 1.56. The number of hydrogen-bond acceptors (Lipinski definition) is 5. The van der Waals surface area contributed by atoms with Crippen molar-refractivity contribution in [2.24, 2.45) is 0 Å². The van der Waals surface area contributed by atoms with Crippen molar-refractivity contribution >= 4 is 21.7 Å². The molecule has 0 aliphatic rings. The zero-order valence-corrected chi connectivity index (χ0v) is 12.7. The predicted octanol–water partition coefficient (Wildman–Crippen LogP) is 1.10. The van der Waals surface area contributed by atoms with Crippen LogP contribution in [-0.4, -0.2) is 33.3 Å². The van der Waals surface area contributed by atoms with Gasteiger partial charge in [0.15, 0.2) is 5.25 Å². The van der Waals surface area contributed by atoms with Crippen molar-refractivity contribution < 1.29 is 17.9 Å². The zero-order chi connectivity index (χ0) is 15.2. The van der Waals surface area contributed by atoms with Gasteiger partial charge in [-0.05, 0) is 31.2 Å². The third-order valence-electron chi connectivity index (χ3n) is 2.76. The topological polar surface area (TPSA) is 84.5 Å². The summed E-state index contributed by atoms with van der Waals surface area (Å²) >= 11 is 0. The van der Waals surface area contributed by atoms with Crippen molar-refractivity contribution in [3.63, 3.8) is 0 Å². The molecule has 0 spiro atoms. The number of carbonyl (C=O) groups excluding carboxylic acids is 1. The SMILES string of the molecule is CCNCc1cccc(NS(=O)(=O)C(C)C(=O)OC)c1. The number of anilines is 1. The van der Waals surface area contributed by atoms with Gasteiger partial charge in [0.05, 0.1) is 7.11 Å². The van der Waals surface area contributed by atoms with Gasteiger partial charge in [0, 0.05) is 12.2 Å². The molecule has 1 aromatic carbocycles. The summed E-state index contributed by atoms with van der Waals surface area (Å²) in [6.45, 7) is 4.76. The van der Waals surface area contributed by atoms with Crippen molar-refractivity contribution in [1.82, 2.24) is 5.32 Å². The van der Waals surface area contributed by atoms with Gasteiger partial charge in [-0.3, -0.25) is 9.52 Å². The number of nitrogens with one attached hydrogen (secondary N) is 2. The van der Waals surface area contributed by atoms with Crippen LogP contribution in [0.5, 0.6) is 0 Å². The maximum Gasteiger partial charge on any atom is 0.325 e. The van der Waals surface area contributed by atoms with Crippen molar-refractivity contribution in [1.29, 1.82) is 0 Å². The van der Waals surface area contributed by atoms with E-state index in [1.807, 2.05) is 13.0 Å². The minimum Gasteiger partial charge on any atom is -0.468 e. The molecule has 0 bridgehead atoms. The third kappa shape index (κ3) is 4.50. The van der Waals surface area contributed by atoms with E-state index >= 15 is 0 Å². The van der Waals surface area contributed by atoms with E-state index < -0.39 is 21.2 Å². The second-order valence-electron chi connectivity index (χ2n) is 4.29. The molecule has 2 N–H and O–H groups in total. The van der Waals surface area contributed by atoms with Gasteiger partial charge >= 0.3 is 5.97 Å². The van der Waals surface area contributed by atoms with Crippen LogP contribution in [0.15, 0.2) is 24.3 Å². The molecule has 0 saturated heterocycles. The van der Waals surface area contributed by atoms with Crippen LogP contribution >= 0.6 is 0 Å². The van der Waals surface area contributed by atoms with Gasteiger partial charge in [-0.25, -0.2) is 8.42 Å². The molecule has 7 heteroatoms.